The predicted octanol–water partition coefficient (Wildman–Crippen LogP) is 4.72. The molecule has 0 amide bonds. The summed E-state index contributed by atoms with van der Waals surface area (Å²) in [6, 6.07) is 0. The summed E-state index contributed by atoms with van der Waals surface area (Å²) in [5, 5.41) is 20.9. The van der Waals surface area contributed by atoms with Crippen LogP contribution in [0.3, 0.4) is 0 Å². The van der Waals surface area contributed by atoms with Crippen LogP contribution in [0, 0.1) is 0 Å². The molecule has 3 rings (SSSR count). The maximum absolute atomic E-state index is 11.5. The van der Waals surface area contributed by atoms with Gasteiger partial charge in [0.1, 0.15) is 12.2 Å². The quantitative estimate of drug-likeness (QED) is 0.240. The first-order chi connectivity index (χ1) is 15.5. The zero-order valence-corrected chi connectivity index (χ0v) is 19.6. The van der Waals surface area contributed by atoms with E-state index >= 15 is 0 Å². The number of unbranched alkanes of at least 4 members (excludes halogenated alkanes) is 7. The van der Waals surface area contributed by atoms with Crippen LogP contribution in [0.5, 0.6) is 0 Å². The van der Waals surface area contributed by atoms with E-state index in [4.69, 9.17) is 14.2 Å². The van der Waals surface area contributed by atoms with Gasteiger partial charge in [0.2, 0.25) is 0 Å². The van der Waals surface area contributed by atoms with Crippen molar-refractivity contribution in [2.45, 2.75) is 133 Å². The lowest BCUT2D eigenvalue weighted by Gasteiger charge is -2.40. The monoisotopic (exact) mass is 450 g/mol. The summed E-state index contributed by atoms with van der Waals surface area (Å²) in [6.07, 6.45) is 19.1. The average Bonchev–Trinajstić information content (AvgIpc) is 3.07. The Balaban J connectivity index is 1.29. The minimum atomic E-state index is -0.932. The maximum Gasteiger partial charge on any atom is 0.330 e. The van der Waals surface area contributed by atoms with E-state index in [9.17, 15) is 15.0 Å². The Kier molecular flexibility index (Phi) is 10.2. The van der Waals surface area contributed by atoms with Crippen LogP contribution in [0.15, 0.2) is 24.3 Å². The topological polar surface area (TPSA) is 85.2 Å². The number of ether oxygens (including phenoxy) is 3. The third-order valence-corrected chi connectivity index (χ3v) is 6.73. The lowest BCUT2D eigenvalue weighted by molar-refractivity contribution is -0.285. The van der Waals surface area contributed by atoms with E-state index in [0.717, 1.165) is 25.7 Å². The number of carbonyl (C=O) groups is 1. The van der Waals surface area contributed by atoms with E-state index < -0.39 is 18.0 Å². The Morgan fingerprint density at radius 2 is 1.84 bits per heavy atom. The highest BCUT2D eigenvalue weighted by Gasteiger charge is 2.53. The standard InChI is InChI=1S/C26H42O6/c1-2-3-4-5-6-7-8-9-10-11-12-13-20(27)16-22-17-21(28)18-26(31-22)19-24-23(32-26)14-15-25(29)30-24/h3-4,14-15,20-24,27-28H,2,5-13,16-19H2,1H3/b4-3+/t20-,21-,22-,23-,24-,26+/m0/s1. The van der Waals surface area contributed by atoms with Crippen LogP contribution >= 0.6 is 0 Å². The van der Waals surface area contributed by atoms with Gasteiger partial charge in [-0.2, -0.15) is 0 Å². The van der Waals surface area contributed by atoms with Crippen LogP contribution in [0.2, 0.25) is 0 Å². The molecular formula is C26H42O6. The number of fused-ring (bicyclic) bond motifs is 1. The predicted molar refractivity (Wildman–Crippen MR) is 123 cm³/mol. The van der Waals surface area contributed by atoms with Crippen LogP contribution in [0.25, 0.3) is 0 Å². The summed E-state index contributed by atoms with van der Waals surface area (Å²) in [6.45, 7) is 2.17. The van der Waals surface area contributed by atoms with Crippen molar-refractivity contribution in [2.24, 2.45) is 0 Å². The fraction of sp³-hybridized carbons (Fsp3) is 0.808. The first-order valence-corrected chi connectivity index (χ1v) is 12.8. The summed E-state index contributed by atoms with van der Waals surface area (Å²) >= 11 is 0. The maximum atomic E-state index is 11.5. The van der Waals surface area contributed by atoms with Crippen LogP contribution in [0.4, 0.5) is 0 Å². The zero-order valence-electron chi connectivity index (χ0n) is 19.6. The van der Waals surface area contributed by atoms with E-state index in [1.807, 2.05) is 0 Å². The molecule has 2 fully saturated rings. The molecule has 0 radical (unpaired) electrons. The Morgan fingerprint density at radius 3 is 2.62 bits per heavy atom. The number of hydrogen-bond acceptors (Lipinski definition) is 6. The Morgan fingerprint density at radius 1 is 1.09 bits per heavy atom. The van der Waals surface area contributed by atoms with Gasteiger partial charge >= 0.3 is 5.97 Å². The number of carbonyl (C=O) groups excluding carboxylic acids is 1. The molecular weight excluding hydrogens is 408 g/mol. The molecule has 6 nitrogen and oxygen atoms in total. The molecule has 3 aliphatic rings. The highest BCUT2D eigenvalue weighted by Crippen LogP contribution is 2.43. The SMILES string of the molecule is CC/C=C/CCCCCCCCC[C@H](O)C[C@H]1C[C@H](O)C[C@@]2(C[C@@H]3OC(=O)C=C[C@@H]3O2)O1. The number of allylic oxidation sites excluding steroid dienone is 2. The second-order valence-electron chi connectivity index (χ2n) is 9.69. The van der Waals surface area contributed by atoms with Crippen molar-refractivity contribution in [3.8, 4) is 0 Å². The smallest absolute Gasteiger partial charge is 0.330 e. The van der Waals surface area contributed by atoms with Crippen molar-refractivity contribution in [1.29, 1.82) is 0 Å². The van der Waals surface area contributed by atoms with Gasteiger partial charge in [0.15, 0.2) is 5.79 Å². The van der Waals surface area contributed by atoms with Gasteiger partial charge in [-0.05, 0) is 44.6 Å². The fourth-order valence-corrected chi connectivity index (χ4v) is 5.16. The van der Waals surface area contributed by atoms with Gasteiger partial charge in [0.25, 0.3) is 0 Å². The molecule has 6 atom stereocenters. The van der Waals surface area contributed by atoms with Gasteiger partial charge in [-0.1, -0.05) is 57.6 Å². The minimum Gasteiger partial charge on any atom is -0.456 e. The number of esters is 1. The molecule has 3 aliphatic heterocycles. The van der Waals surface area contributed by atoms with Crippen LogP contribution in [0.1, 0.15) is 96.8 Å². The molecule has 182 valence electrons. The number of hydrogen-bond donors (Lipinski definition) is 2. The van der Waals surface area contributed by atoms with Gasteiger partial charge in [-0.15, -0.1) is 0 Å². The molecule has 0 bridgehead atoms. The van der Waals surface area contributed by atoms with Crippen molar-refractivity contribution in [1.82, 2.24) is 0 Å². The van der Waals surface area contributed by atoms with E-state index in [-0.39, 0.29) is 24.3 Å². The summed E-state index contributed by atoms with van der Waals surface area (Å²) < 4.78 is 17.7. The largest absolute Gasteiger partial charge is 0.456 e. The van der Waals surface area contributed by atoms with E-state index in [2.05, 4.69) is 19.1 Å². The lowest BCUT2D eigenvalue weighted by atomic mass is 9.92. The molecule has 0 saturated carbocycles. The minimum absolute atomic E-state index is 0.254. The highest BCUT2D eigenvalue weighted by atomic mass is 16.7. The van der Waals surface area contributed by atoms with Gasteiger partial charge in [0, 0.05) is 18.9 Å². The van der Waals surface area contributed by atoms with Gasteiger partial charge in [-0.3, -0.25) is 0 Å². The molecule has 3 heterocycles. The second kappa shape index (κ2) is 12.9. The molecule has 0 unspecified atom stereocenters. The van der Waals surface area contributed by atoms with E-state index in [1.54, 1.807) is 6.08 Å². The van der Waals surface area contributed by atoms with Crippen molar-refractivity contribution in [3.63, 3.8) is 0 Å². The molecule has 2 saturated heterocycles. The van der Waals surface area contributed by atoms with Crippen LogP contribution in [-0.2, 0) is 19.0 Å². The molecule has 0 aromatic carbocycles. The molecule has 1 spiro atoms. The number of rotatable bonds is 13. The number of aliphatic hydroxyl groups is 2. The lowest BCUT2D eigenvalue weighted by Crippen LogP contribution is -2.47. The summed E-state index contributed by atoms with van der Waals surface area (Å²) in [5.41, 5.74) is 0. The molecule has 0 aromatic rings. The van der Waals surface area contributed by atoms with Gasteiger partial charge in [-0.25, -0.2) is 4.79 Å². The molecule has 32 heavy (non-hydrogen) atoms. The first-order valence-electron chi connectivity index (χ1n) is 12.8. The first kappa shape index (κ1) is 25.4. The summed E-state index contributed by atoms with van der Waals surface area (Å²) in [4.78, 5) is 11.5. The summed E-state index contributed by atoms with van der Waals surface area (Å²) in [7, 11) is 0. The number of aliphatic hydroxyl groups excluding tert-OH is 2. The second-order valence-corrected chi connectivity index (χ2v) is 9.69. The highest BCUT2D eigenvalue weighted by molar-refractivity contribution is 5.83. The average molecular weight is 451 g/mol. The summed E-state index contributed by atoms with van der Waals surface area (Å²) in [5.74, 6) is -1.29. The Bertz CT molecular complexity index is 632. The Hall–Kier alpha value is -1.21. The normalized spacial score (nSPS) is 33.0. The molecule has 0 aromatic heterocycles. The molecule has 0 aliphatic carbocycles. The van der Waals surface area contributed by atoms with Crippen LogP contribution < -0.4 is 0 Å². The van der Waals surface area contributed by atoms with Crippen molar-refractivity contribution in [3.05, 3.63) is 24.3 Å². The van der Waals surface area contributed by atoms with Gasteiger partial charge < -0.3 is 24.4 Å². The zero-order chi connectivity index (χ0) is 22.8. The van der Waals surface area contributed by atoms with E-state index in [1.165, 1.54) is 44.6 Å². The van der Waals surface area contributed by atoms with Crippen molar-refractivity contribution in [2.75, 3.05) is 0 Å². The third-order valence-electron chi connectivity index (χ3n) is 6.73. The van der Waals surface area contributed by atoms with E-state index in [0.29, 0.717) is 25.7 Å². The Labute approximate surface area is 193 Å². The molecule has 6 heteroatoms. The third kappa shape index (κ3) is 7.98. The van der Waals surface area contributed by atoms with Crippen LogP contribution in [-0.4, -0.2) is 52.5 Å². The molecule has 2 N–H and O–H groups in total. The van der Waals surface area contributed by atoms with Gasteiger partial charge in [0.05, 0.1) is 18.3 Å². The van der Waals surface area contributed by atoms with Crippen molar-refractivity contribution < 1.29 is 29.2 Å². The fourth-order valence-electron chi connectivity index (χ4n) is 5.16. The van der Waals surface area contributed by atoms with Crippen molar-refractivity contribution >= 4 is 5.97 Å².